The van der Waals surface area contributed by atoms with Gasteiger partial charge in [-0.05, 0) is 29.4 Å². The van der Waals surface area contributed by atoms with Crippen LogP contribution in [-0.4, -0.2) is 17.9 Å². The number of nitrogens with two attached hydrogens (primary N) is 1. The molecule has 0 bridgehead atoms. The van der Waals surface area contributed by atoms with Crippen LogP contribution in [0.2, 0.25) is 0 Å². The normalized spacial score (nSPS) is 13.1. The molecule has 3 heteroatoms. The Morgan fingerprint density at radius 2 is 1.90 bits per heavy atom. The van der Waals surface area contributed by atoms with E-state index < -0.39 is 0 Å². The van der Waals surface area contributed by atoms with Gasteiger partial charge in [-0.2, -0.15) is 0 Å². The third-order valence-corrected chi connectivity index (χ3v) is 3.37. The number of para-hydroxylation sites is 1. The van der Waals surface area contributed by atoms with E-state index in [1.807, 2.05) is 31.3 Å². The van der Waals surface area contributed by atoms with Gasteiger partial charge in [0, 0.05) is 25.7 Å². The zero-order valence-electron chi connectivity index (χ0n) is 13.4. The molecular formula is C17H28N2O. The molecule has 112 valence electrons. The van der Waals surface area contributed by atoms with Gasteiger partial charge in [-0.1, -0.05) is 45.9 Å². The maximum atomic E-state index is 12.2. The Bertz CT molecular complexity index is 449. The first-order chi connectivity index (χ1) is 9.19. The van der Waals surface area contributed by atoms with E-state index in [2.05, 4.69) is 27.7 Å². The lowest BCUT2D eigenvalue weighted by molar-refractivity contribution is -0.131. The van der Waals surface area contributed by atoms with Crippen molar-refractivity contribution in [3.05, 3.63) is 29.8 Å². The smallest absolute Gasteiger partial charge is 0.222 e. The monoisotopic (exact) mass is 276 g/mol. The van der Waals surface area contributed by atoms with E-state index in [9.17, 15) is 4.79 Å². The summed E-state index contributed by atoms with van der Waals surface area (Å²) in [5, 5.41) is 0. The van der Waals surface area contributed by atoms with Crippen LogP contribution >= 0.6 is 0 Å². The molecule has 0 aromatic heterocycles. The van der Waals surface area contributed by atoms with Crippen molar-refractivity contribution in [1.82, 2.24) is 4.90 Å². The molecule has 2 N–H and O–H groups in total. The van der Waals surface area contributed by atoms with E-state index in [4.69, 9.17) is 5.73 Å². The van der Waals surface area contributed by atoms with Gasteiger partial charge in [-0.3, -0.25) is 4.79 Å². The fourth-order valence-corrected chi connectivity index (χ4v) is 2.59. The highest BCUT2D eigenvalue weighted by Crippen LogP contribution is 2.26. The Hall–Kier alpha value is -1.51. The SMILES string of the molecule is CC(CC(=O)N(C)Cc1ccccc1N)CC(C)(C)C. The average molecular weight is 276 g/mol. The van der Waals surface area contributed by atoms with Gasteiger partial charge in [0.25, 0.3) is 0 Å². The number of nitrogens with zero attached hydrogens (tertiary/aromatic N) is 1. The number of carbonyl (C=O) groups is 1. The van der Waals surface area contributed by atoms with Gasteiger partial charge in [0.2, 0.25) is 5.91 Å². The standard InChI is InChI=1S/C17H28N2O/c1-13(11-17(2,3)4)10-16(20)19(5)12-14-8-6-7-9-15(14)18/h6-9,13H,10-12,18H2,1-5H3. The lowest BCUT2D eigenvalue weighted by atomic mass is 9.84. The molecule has 0 radical (unpaired) electrons. The quantitative estimate of drug-likeness (QED) is 0.834. The van der Waals surface area contributed by atoms with Crippen molar-refractivity contribution >= 4 is 11.6 Å². The van der Waals surface area contributed by atoms with Crippen LogP contribution in [0.4, 0.5) is 5.69 Å². The number of hydrogen-bond donors (Lipinski definition) is 1. The number of hydrogen-bond acceptors (Lipinski definition) is 2. The van der Waals surface area contributed by atoms with Gasteiger partial charge < -0.3 is 10.6 Å². The zero-order valence-corrected chi connectivity index (χ0v) is 13.4. The van der Waals surface area contributed by atoms with E-state index in [-0.39, 0.29) is 11.3 Å². The summed E-state index contributed by atoms with van der Waals surface area (Å²) in [5.74, 6) is 0.586. The number of benzene rings is 1. The van der Waals surface area contributed by atoms with Crippen LogP contribution in [0.15, 0.2) is 24.3 Å². The molecule has 1 unspecified atom stereocenters. The summed E-state index contributed by atoms with van der Waals surface area (Å²) in [5.41, 5.74) is 7.93. The molecule has 0 aliphatic carbocycles. The molecule has 0 aliphatic rings. The maximum Gasteiger partial charge on any atom is 0.222 e. The molecule has 0 saturated carbocycles. The van der Waals surface area contributed by atoms with Crippen molar-refractivity contribution in [2.24, 2.45) is 11.3 Å². The second-order valence-corrected chi connectivity index (χ2v) is 7.02. The molecule has 0 saturated heterocycles. The molecular weight excluding hydrogens is 248 g/mol. The molecule has 0 heterocycles. The van der Waals surface area contributed by atoms with E-state index in [0.717, 1.165) is 17.7 Å². The van der Waals surface area contributed by atoms with E-state index in [1.165, 1.54) is 0 Å². The second kappa shape index (κ2) is 6.78. The number of nitrogen functional groups attached to an aromatic ring is 1. The van der Waals surface area contributed by atoms with Crippen LogP contribution in [0.5, 0.6) is 0 Å². The van der Waals surface area contributed by atoms with Crippen molar-refractivity contribution in [1.29, 1.82) is 0 Å². The summed E-state index contributed by atoms with van der Waals surface area (Å²) in [6.07, 6.45) is 1.65. The topological polar surface area (TPSA) is 46.3 Å². The van der Waals surface area contributed by atoms with Gasteiger partial charge in [0.1, 0.15) is 0 Å². The first-order valence-electron chi connectivity index (χ1n) is 7.26. The number of anilines is 1. The van der Waals surface area contributed by atoms with Crippen LogP contribution in [0, 0.1) is 11.3 Å². The van der Waals surface area contributed by atoms with E-state index in [0.29, 0.717) is 18.9 Å². The molecule has 1 aromatic carbocycles. The van der Waals surface area contributed by atoms with Crippen molar-refractivity contribution in [2.45, 2.75) is 47.1 Å². The zero-order chi connectivity index (χ0) is 15.3. The van der Waals surface area contributed by atoms with Crippen molar-refractivity contribution in [3.8, 4) is 0 Å². The third kappa shape index (κ3) is 5.64. The summed E-state index contributed by atoms with van der Waals surface area (Å²) in [6.45, 7) is 9.36. The highest BCUT2D eigenvalue weighted by atomic mass is 16.2. The Morgan fingerprint density at radius 3 is 2.45 bits per heavy atom. The predicted molar refractivity (Wildman–Crippen MR) is 85.2 cm³/mol. The lowest BCUT2D eigenvalue weighted by Gasteiger charge is -2.25. The van der Waals surface area contributed by atoms with Gasteiger partial charge in [-0.25, -0.2) is 0 Å². The van der Waals surface area contributed by atoms with Gasteiger partial charge >= 0.3 is 0 Å². The Kier molecular flexibility index (Phi) is 5.61. The van der Waals surface area contributed by atoms with Gasteiger partial charge in [0.05, 0.1) is 0 Å². The van der Waals surface area contributed by atoms with E-state index in [1.54, 1.807) is 4.90 Å². The lowest BCUT2D eigenvalue weighted by Crippen LogP contribution is -2.28. The molecule has 1 rings (SSSR count). The van der Waals surface area contributed by atoms with Crippen LogP contribution in [0.1, 0.15) is 46.1 Å². The minimum Gasteiger partial charge on any atom is -0.398 e. The Balaban J connectivity index is 2.53. The summed E-state index contributed by atoms with van der Waals surface area (Å²) < 4.78 is 0. The van der Waals surface area contributed by atoms with Crippen LogP contribution in [0.25, 0.3) is 0 Å². The summed E-state index contributed by atoms with van der Waals surface area (Å²) in [7, 11) is 1.85. The minimum atomic E-state index is 0.185. The molecule has 20 heavy (non-hydrogen) atoms. The number of amides is 1. The van der Waals surface area contributed by atoms with Crippen molar-refractivity contribution < 1.29 is 4.79 Å². The molecule has 0 spiro atoms. The first kappa shape index (κ1) is 16.5. The van der Waals surface area contributed by atoms with E-state index >= 15 is 0 Å². The number of carbonyl (C=O) groups excluding carboxylic acids is 1. The van der Waals surface area contributed by atoms with Gasteiger partial charge in [-0.15, -0.1) is 0 Å². The van der Waals surface area contributed by atoms with Crippen molar-refractivity contribution in [2.75, 3.05) is 12.8 Å². The molecule has 0 aliphatic heterocycles. The number of rotatable bonds is 5. The molecule has 1 amide bonds. The van der Waals surface area contributed by atoms with Crippen molar-refractivity contribution in [3.63, 3.8) is 0 Å². The van der Waals surface area contributed by atoms with Crippen LogP contribution in [0.3, 0.4) is 0 Å². The van der Waals surface area contributed by atoms with Gasteiger partial charge in [0.15, 0.2) is 0 Å². The largest absolute Gasteiger partial charge is 0.398 e. The molecule has 1 aromatic rings. The fourth-order valence-electron chi connectivity index (χ4n) is 2.59. The highest BCUT2D eigenvalue weighted by molar-refractivity contribution is 5.76. The van der Waals surface area contributed by atoms with Crippen LogP contribution < -0.4 is 5.73 Å². The first-order valence-corrected chi connectivity index (χ1v) is 7.26. The minimum absolute atomic E-state index is 0.185. The Labute approximate surface area is 123 Å². The molecule has 0 fully saturated rings. The predicted octanol–water partition coefficient (Wildman–Crippen LogP) is 3.69. The average Bonchev–Trinajstić information content (AvgIpc) is 2.29. The Morgan fingerprint density at radius 1 is 1.30 bits per heavy atom. The fraction of sp³-hybridized carbons (Fsp3) is 0.588. The maximum absolute atomic E-state index is 12.2. The summed E-state index contributed by atoms with van der Waals surface area (Å²) in [6, 6.07) is 7.70. The van der Waals surface area contributed by atoms with Crippen LogP contribution in [-0.2, 0) is 11.3 Å². The summed E-state index contributed by atoms with van der Waals surface area (Å²) >= 11 is 0. The molecule has 3 nitrogen and oxygen atoms in total. The summed E-state index contributed by atoms with van der Waals surface area (Å²) in [4.78, 5) is 14.0. The highest BCUT2D eigenvalue weighted by Gasteiger charge is 2.19. The third-order valence-electron chi connectivity index (χ3n) is 3.37. The second-order valence-electron chi connectivity index (χ2n) is 7.02. The molecule has 1 atom stereocenters.